The summed E-state index contributed by atoms with van der Waals surface area (Å²) in [7, 11) is 0. The fourth-order valence-corrected chi connectivity index (χ4v) is 1.75. The van der Waals surface area contributed by atoms with Gasteiger partial charge in [-0.2, -0.15) is 5.26 Å². The van der Waals surface area contributed by atoms with Crippen molar-refractivity contribution in [1.82, 2.24) is 4.90 Å². The van der Waals surface area contributed by atoms with Crippen molar-refractivity contribution in [3.8, 4) is 6.07 Å². The lowest BCUT2D eigenvalue weighted by atomic mass is 10.0. The molecule has 1 heterocycles. The van der Waals surface area contributed by atoms with Crippen molar-refractivity contribution in [3.63, 3.8) is 0 Å². The van der Waals surface area contributed by atoms with Gasteiger partial charge in [0, 0.05) is 19.0 Å². The molecule has 3 heteroatoms. The lowest BCUT2D eigenvalue weighted by Gasteiger charge is -2.33. The van der Waals surface area contributed by atoms with Crippen LogP contribution in [0.4, 0.5) is 0 Å². The maximum absolute atomic E-state index is 9.04. The number of aliphatic hydroxyl groups excluding tert-OH is 1. The van der Waals surface area contributed by atoms with Crippen molar-refractivity contribution >= 4 is 0 Å². The quantitative estimate of drug-likeness (QED) is 0.676. The van der Waals surface area contributed by atoms with Crippen LogP contribution in [0.5, 0.6) is 0 Å². The molecule has 12 heavy (non-hydrogen) atoms. The first-order chi connectivity index (χ1) is 5.88. The number of nitriles is 1. The van der Waals surface area contributed by atoms with Gasteiger partial charge in [-0.05, 0) is 19.4 Å². The molecular formula is C9H16N2O. The Morgan fingerprint density at radius 3 is 3.00 bits per heavy atom. The van der Waals surface area contributed by atoms with E-state index in [0.717, 1.165) is 19.5 Å². The van der Waals surface area contributed by atoms with E-state index in [9.17, 15) is 0 Å². The first-order valence-electron chi connectivity index (χ1n) is 4.60. The molecule has 1 atom stereocenters. The zero-order valence-electron chi connectivity index (χ0n) is 7.37. The molecule has 1 saturated heterocycles. The summed E-state index contributed by atoms with van der Waals surface area (Å²) in [5.41, 5.74) is 0. The van der Waals surface area contributed by atoms with E-state index in [1.807, 2.05) is 0 Å². The molecule has 0 spiro atoms. The molecule has 1 rings (SSSR count). The largest absolute Gasteiger partial charge is 0.395 e. The fourth-order valence-electron chi connectivity index (χ4n) is 1.75. The van der Waals surface area contributed by atoms with Gasteiger partial charge in [-0.15, -0.1) is 0 Å². The van der Waals surface area contributed by atoms with Gasteiger partial charge in [0.2, 0.25) is 0 Å². The molecule has 1 aliphatic heterocycles. The van der Waals surface area contributed by atoms with Gasteiger partial charge in [0.25, 0.3) is 0 Å². The van der Waals surface area contributed by atoms with Gasteiger partial charge in [0.05, 0.1) is 12.7 Å². The molecule has 0 aromatic heterocycles. The van der Waals surface area contributed by atoms with Crippen molar-refractivity contribution in [2.75, 3.05) is 19.7 Å². The van der Waals surface area contributed by atoms with Crippen LogP contribution in [0.1, 0.15) is 25.7 Å². The zero-order valence-corrected chi connectivity index (χ0v) is 7.37. The SMILES string of the molecule is N#CCCN1CCCC[C@@H]1CO. The molecule has 1 fully saturated rings. The summed E-state index contributed by atoms with van der Waals surface area (Å²) in [5, 5.41) is 17.5. The van der Waals surface area contributed by atoms with Crippen LogP contribution >= 0.6 is 0 Å². The normalized spacial score (nSPS) is 25.2. The fraction of sp³-hybridized carbons (Fsp3) is 0.889. The number of piperidine rings is 1. The third-order valence-corrected chi connectivity index (χ3v) is 2.47. The molecule has 0 bridgehead atoms. The van der Waals surface area contributed by atoms with Gasteiger partial charge in [-0.25, -0.2) is 0 Å². The Hall–Kier alpha value is -0.590. The Morgan fingerprint density at radius 1 is 1.50 bits per heavy atom. The summed E-state index contributed by atoms with van der Waals surface area (Å²) in [5.74, 6) is 0. The van der Waals surface area contributed by atoms with E-state index in [1.54, 1.807) is 0 Å². The standard InChI is InChI=1S/C9H16N2O/c10-5-3-7-11-6-2-1-4-9(11)8-12/h9,12H,1-4,6-8H2/t9-/m1/s1. The third-order valence-electron chi connectivity index (χ3n) is 2.47. The van der Waals surface area contributed by atoms with Crippen LogP contribution < -0.4 is 0 Å². The minimum Gasteiger partial charge on any atom is -0.395 e. The van der Waals surface area contributed by atoms with E-state index in [0.29, 0.717) is 12.5 Å². The van der Waals surface area contributed by atoms with Crippen LogP contribution in [0.25, 0.3) is 0 Å². The number of likely N-dealkylation sites (tertiary alicyclic amines) is 1. The molecular weight excluding hydrogens is 152 g/mol. The summed E-state index contributed by atoms with van der Waals surface area (Å²) in [6, 6.07) is 2.45. The highest BCUT2D eigenvalue weighted by Crippen LogP contribution is 2.16. The minimum absolute atomic E-state index is 0.241. The smallest absolute Gasteiger partial charge is 0.0635 e. The molecule has 0 aliphatic carbocycles. The maximum Gasteiger partial charge on any atom is 0.0635 e. The van der Waals surface area contributed by atoms with Crippen molar-refractivity contribution in [2.24, 2.45) is 0 Å². The second-order valence-electron chi connectivity index (χ2n) is 3.28. The predicted molar refractivity (Wildman–Crippen MR) is 46.5 cm³/mol. The van der Waals surface area contributed by atoms with E-state index in [-0.39, 0.29) is 6.61 Å². The highest BCUT2D eigenvalue weighted by atomic mass is 16.3. The second kappa shape index (κ2) is 5.13. The molecule has 1 N–H and O–H groups in total. The summed E-state index contributed by atoms with van der Waals surface area (Å²) in [6.07, 6.45) is 4.09. The third kappa shape index (κ3) is 2.47. The van der Waals surface area contributed by atoms with Gasteiger partial charge in [0.15, 0.2) is 0 Å². The topological polar surface area (TPSA) is 47.3 Å². The van der Waals surface area contributed by atoms with Crippen LogP contribution in [-0.2, 0) is 0 Å². The average Bonchev–Trinajstić information content (AvgIpc) is 2.15. The molecule has 0 aromatic rings. The van der Waals surface area contributed by atoms with Gasteiger partial charge >= 0.3 is 0 Å². The first-order valence-corrected chi connectivity index (χ1v) is 4.60. The number of hydrogen-bond acceptors (Lipinski definition) is 3. The van der Waals surface area contributed by atoms with Crippen molar-refractivity contribution < 1.29 is 5.11 Å². The van der Waals surface area contributed by atoms with Crippen molar-refractivity contribution in [2.45, 2.75) is 31.7 Å². The molecule has 0 unspecified atom stereocenters. The van der Waals surface area contributed by atoms with E-state index >= 15 is 0 Å². The molecule has 0 aromatic carbocycles. The first kappa shape index (κ1) is 9.50. The van der Waals surface area contributed by atoms with Crippen molar-refractivity contribution in [1.29, 1.82) is 5.26 Å². The molecule has 68 valence electrons. The highest BCUT2D eigenvalue weighted by molar-refractivity contribution is 4.79. The number of hydrogen-bond donors (Lipinski definition) is 1. The van der Waals surface area contributed by atoms with E-state index < -0.39 is 0 Å². The van der Waals surface area contributed by atoms with Crippen LogP contribution in [0.2, 0.25) is 0 Å². The van der Waals surface area contributed by atoms with Crippen LogP contribution in [0, 0.1) is 11.3 Å². The lowest BCUT2D eigenvalue weighted by Crippen LogP contribution is -2.42. The number of nitrogens with zero attached hydrogens (tertiary/aromatic N) is 2. The molecule has 0 amide bonds. The van der Waals surface area contributed by atoms with E-state index in [2.05, 4.69) is 11.0 Å². The second-order valence-corrected chi connectivity index (χ2v) is 3.28. The summed E-state index contributed by atoms with van der Waals surface area (Å²) >= 11 is 0. The van der Waals surface area contributed by atoms with Gasteiger partial charge in [0.1, 0.15) is 0 Å². The van der Waals surface area contributed by atoms with E-state index in [4.69, 9.17) is 10.4 Å². The summed E-state index contributed by atoms with van der Waals surface area (Å²) in [4.78, 5) is 2.23. The Labute approximate surface area is 73.6 Å². The Kier molecular flexibility index (Phi) is 4.06. The van der Waals surface area contributed by atoms with Crippen LogP contribution in [0.3, 0.4) is 0 Å². The number of rotatable bonds is 3. The average molecular weight is 168 g/mol. The monoisotopic (exact) mass is 168 g/mol. The predicted octanol–water partition coefficient (Wildman–Crippen LogP) is 0.747. The molecule has 1 aliphatic rings. The van der Waals surface area contributed by atoms with Gasteiger partial charge in [-0.1, -0.05) is 6.42 Å². The maximum atomic E-state index is 9.04. The summed E-state index contributed by atoms with van der Waals surface area (Å²) < 4.78 is 0. The minimum atomic E-state index is 0.241. The van der Waals surface area contributed by atoms with Crippen LogP contribution in [-0.4, -0.2) is 35.7 Å². The molecule has 0 saturated carbocycles. The number of aliphatic hydroxyl groups is 1. The van der Waals surface area contributed by atoms with Gasteiger partial charge < -0.3 is 5.11 Å². The Bertz CT molecular complexity index is 164. The van der Waals surface area contributed by atoms with Crippen molar-refractivity contribution in [3.05, 3.63) is 0 Å². The van der Waals surface area contributed by atoms with Gasteiger partial charge in [-0.3, -0.25) is 4.90 Å². The Morgan fingerprint density at radius 2 is 2.33 bits per heavy atom. The summed E-state index contributed by atoms with van der Waals surface area (Å²) in [6.45, 7) is 2.11. The van der Waals surface area contributed by atoms with Crippen LogP contribution in [0.15, 0.2) is 0 Å². The highest BCUT2D eigenvalue weighted by Gasteiger charge is 2.20. The molecule has 3 nitrogen and oxygen atoms in total. The molecule has 0 radical (unpaired) electrons. The Balaban J connectivity index is 2.32. The zero-order chi connectivity index (χ0) is 8.81. The lowest BCUT2D eigenvalue weighted by molar-refractivity contribution is 0.0923. The van der Waals surface area contributed by atoms with E-state index in [1.165, 1.54) is 12.8 Å².